The van der Waals surface area contributed by atoms with Crippen molar-refractivity contribution in [2.75, 3.05) is 5.32 Å². The minimum atomic E-state index is -1.28. The summed E-state index contributed by atoms with van der Waals surface area (Å²) < 4.78 is 0. The van der Waals surface area contributed by atoms with E-state index in [0.29, 0.717) is 17.6 Å². The van der Waals surface area contributed by atoms with Gasteiger partial charge in [0.1, 0.15) is 5.56 Å². The van der Waals surface area contributed by atoms with E-state index in [1.807, 2.05) is 0 Å². The molecule has 0 spiro atoms. The Bertz CT molecular complexity index is 530. The second-order valence-electron chi connectivity index (χ2n) is 5.41. The first kappa shape index (κ1) is 14.3. The van der Waals surface area contributed by atoms with Crippen molar-refractivity contribution in [2.45, 2.75) is 38.6 Å². The fourth-order valence-corrected chi connectivity index (χ4v) is 2.75. The molecule has 20 heavy (non-hydrogen) atoms. The van der Waals surface area contributed by atoms with E-state index < -0.39 is 10.9 Å². The summed E-state index contributed by atoms with van der Waals surface area (Å²) in [6.07, 6.45) is 4.44. The van der Waals surface area contributed by atoms with Crippen LogP contribution >= 0.6 is 0 Å². The van der Waals surface area contributed by atoms with Crippen LogP contribution in [0.25, 0.3) is 0 Å². The Hall–Kier alpha value is -2.11. The molecule has 6 heteroatoms. The first-order chi connectivity index (χ1) is 9.47. The predicted octanol–water partition coefficient (Wildman–Crippen LogP) is 3.28. The molecule has 1 aromatic carbocycles. The molecule has 108 valence electrons. The highest BCUT2D eigenvalue weighted by Gasteiger charge is 2.22. The number of hydrogen-bond acceptors (Lipinski definition) is 4. The molecule has 2 N–H and O–H groups in total. The zero-order valence-corrected chi connectivity index (χ0v) is 11.3. The summed E-state index contributed by atoms with van der Waals surface area (Å²) in [6, 6.07) is 4.49. The van der Waals surface area contributed by atoms with Crippen LogP contribution in [0, 0.1) is 16.0 Å². The molecule has 1 aromatic rings. The van der Waals surface area contributed by atoms with E-state index in [9.17, 15) is 14.9 Å². The minimum absolute atomic E-state index is 0.280. The number of nitro groups is 1. The number of hydrogen-bond donors (Lipinski definition) is 2. The van der Waals surface area contributed by atoms with Crippen LogP contribution in [0.1, 0.15) is 43.0 Å². The molecule has 0 aliphatic heterocycles. The van der Waals surface area contributed by atoms with Crippen molar-refractivity contribution in [1.29, 1.82) is 0 Å². The highest BCUT2D eigenvalue weighted by molar-refractivity contribution is 5.93. The largest absolute Gasteiger partial charge is 0.477 e. The normalized spacial score (nSPS) is 22.2. The number of aromatic carboxylic acids is 1. The average Bonchev–Trinajstić information content (AvgIpc) is 2.38. The first-order valence-corrected chi connectivity index (χ1v) is 6.75. The molecule has 1 saturated carbocycles. The van der Waals surface area contributed by atoms with Crippen molar-refractivity contribution in [3.05, 3.63) is 33.9 Å². The smallest absolute Gasteiger partial charge is 0.342 e. The Balaban J connectivity index is 2.18. The Morgan fingerprint density at radius 2 is 2.20 bits per heavy atom. The molecule has 1 aliphatic rings. The number of rotatable bonds is 4. The number of nitrogens with zero attached hydrogens (tertiary/aromatic N) is 1. The molecule has 1 aliphatic carbocycles. The van der Waals surface area contributed by atoms with Crippen molar-refractivity contribution >= 4 is 17.3 Å². The molecule has 0 aromatic heterocycles. The van der Waals surface area contributed by atoms with Gasteiger partial charge in [-0.05, 0) is 30.9 Å². The molecule has 0 bridgehead atoms. The maximum Gasteiger partial charge on any atom is 0.342 e. The Morgan fingerprint density at radius 1 is 1.45 bits per heavy atom. The standard InChI is InChI=1S/C14H18N2O4/c1-9-3-2-4-10(7-9)15-11-5-6-12(14(17)18)13(8-11)16(19)20/h5-6,8-10,15H,2-4,7H2,1H3,(H,17,18). The maximum absolute atomic E-state index is 10.9. The van der Waals surface area contributed by atoms with E-state index in [0.717, 1.165) is 19.3 Å². The molecule has 0 saturated heterocycles. The van der Waals surface area contributed by atoms with Crippen LogP contribution in [0.2, 0.25) is 0 Å². The van der Waals surface area contributed by atoms with Gasteiger partial charge in [-0.3, -0.25) is 10.1 Å². The van der Waals surface area contributed by atoms with Gasteiger partial charge in [0.25, 0.3) is 5.69 Å². The van der Waals surface area contributed by atoms with E-state index >= 15 is 0 Å². The van der Waals surface area contributed by atoms with E-state index in [2.05, 4.69) is 12.2 Å². The Kier molecular flexibility index (Phi) is 4.22. The van der Waals surface area contributed by atoms with Crippen molar-refractivity contribution < 1.29 is 14.8 Å². The van der Waals surface area contributed by atoms with Gasteiger partial charge in [0, 0.05) is 17.8 Å². The summed E-state index contributed by atoms with van der Waals surface area (Å²) in [5.74, 6) is -0.635. The van der Waals surface area contributed by atoms with Crippen molar-refractivity contribution in [1.82, 2.24) is 0 Å². The lowest BCUT2D eigenvalue weighted by molar-refractivity contribution is -0.385. The predicted molar refractivity (Wildman–Crippen MR) is 75.1 cm³/mol. The molecule has 0 amide bonds. The fraction of sp³-hybridized carbons (Fsp3) is 0.500. The lowest BCUT2D eigenvalue weighted by Gasteiger charge is -2.28. The third-order valence-electron chi connectivity index (χ3n) is 3.73. The topological polar surface area (TPSA) is 92.5 Å². The van der Waals surface area contributed by atoms with Crippen LogP contribution in [0.15, 0.2) is 18.2 Å². The summed E-state index contributed by atoms with van der Waals surface area (Å²) in [4.78, 5) is 21.2. The Labute approximate surface area is 117 Å². The van der Waals surface area contributed by atoms with Crippen molar-refractivity contribution in [3.63, 3.8) is 0 Å². The molecule has 1 fully saturated rings. The van der Waals surface area contributed by atoms with Gasteiger partial charge < -0.3 is 10.4 Å². The number of nitrogens with one attached hydrogen (secondary N) is 1. The van der Waals surface area contributed by atoms with Crippen molar-refractivity contribution in [3.8, 4) is 0 Å². The monoisotopic (exact) mass is 278 g/mol. The third kappa shape index (κ3) is 3.26. The quantitative estimate of drug-likeness (QED) is 0.651. The molecular formula is C14H18N2O4. The van der Waals surface area contributed by atoms with Crippen LogP contribution in [-0.2, 0) is 0 Å². The van der Waals surface area contributed by atoms with Gasteiger partial charge in [0.05, 0.1) is 4.92 Å². The lowest BCUT2D eigenvalue weighted by atomic mass is 9.87. The molecule has 2 atom stereocenters. The van der Waals surface area contributed by atoms with Gasteiger partial charge in [-0.15, -0.1) is 0 Å². The van der Waals surface area contributed by atoms with Gasteiger partial charge in [0.15, 0.2) is 0 Å². The second-order valence-corrected chi connectivity index (χ2v) is 5.41. The summed E-state index contributed by atoms with van der Waals surface area (Å²) in [7, 11) is 0. The van der Waals surface area contributed by atoms with E-state index in [4.69, 9.17) is 5.11 Å². The SMILES string of the molecule is CC1CCCC(Nc2ccc(C(=O)O)c([N+](=O)[O-])c2)C1. The van der Waals surface area contributed by atoms with Gasteiger partial charge in [-0.1, -0.05) is 19.8 Å². The number of benzene rings is 1. The molecule has 6 nitrogen and oxygen atoms in total. The van der Waals surface area contributed by atoms with Crippen LogP contribution in [0.3, 0.4) is 0 Å². The minimum Gasteiger partial charge on any atom is -0.477 e. The molecule has 0 heterocycles. The zero-order valence-electron chi connectivity index (χ0n) is 11.3. The number of carboxylic acid groups (broad SMARTS) is 1. The maximum atomic E-state index is 10.9. The van der Waals surface area contributed by atoms with Crippen molar-refractivity contribution in [2.24, 2.45) is 5.92 Å². The van der Waals surface area contributed by atoms with E-state index in [1.165, 1.54) is 18.6 Å². The molecule has 0 radical (unpaired) electrons. The van der Waals surface area contributed by atoms with E-state index in [-0.39, 0.29) is 11.3 Å². The molecular weight excluding hydrogens is 260 g/mol. The van der Waals surface area contributed by atoms with Gasteiger partial charge >= 0.3 is 5.97 Å². The van der Waals surface area contributed by atoms with Gasteiger partial charge in [-0.25, -0.2) is 4.79 Å². The average molecular weight is 278 g/mol. The number of nitro benzene ring substituents is 1. The first-order valence-electron chi connectivity index (χ1n) is 6.75. The van der Waals surface area contributed by atoms with Crippen LogP contribution < -0.4 is 5.32 Å². The van der Waals surface area contributed by atoms with Crippen LogP contribution in [0.5, 0.6) is 0 Å². The zero-order chi connectivity index (χ0) is 14.7. The Morgan fingerprint density at radius 3 is 2.80 bits per heavy atom. The van der Waals surface area contributed by atoms with E-state index in [1.54, 1.807) is 6.07 Å². The summed E-state index contributed by atoms with van der Waals surface area (Å²) >= 11 is 0. The summed E-state index contributed by atoms with van der Waals surface area (Å²) in [5.41, 5.74) is -0.0373. The second kappa shape index (κ2) is 5.90. The van der Waals surface area contributed by atoms with Gasteiger partial charge in [-0.2, -0.15) is 0 Å². The lowest BCUT2D eigenvalue weighted by Crippen LogP contribution is -2.26. The number of carboxylic acids is 1. The number of carbonyl (C=O) groups is 1. The van der Waals surface area contributed by atoms with Crippen LogP contribution in [-0.4, -0.2) is 22.0 Å². The highest BCUT2D eigenvalue weighted by Crippen LogP contribution is 2.28. The molecule has 2 rings (SSSR count). The summed E-state index contributed by atoms with van der Waals surface area (Å²) in [6.45, 7) is 2.20. The highest BCUT2D eigenvalue weighted by atomic mass is 16.6. The fourth-order valence-electron chi connectivity index (χ4n) is 2.75. The molecule has 2 unspecified atom stereocenters. The third-order valence-corrected chi connectivity index (χ3v) is 3.73. The van der Waals surface area contributed by atoms with Crippen LogP contribution in [0.4, 0.5) is 11.4 Å². The van der Waals surface area contributed by atoms with Gasteiger partial charge in [0.2, 0.25) is 0 Å². The number of anilines is 1. The summed E-state index contributed by atoms with van der Waals surface area (Å²) in [5, 5.41) is 23.1.